The quantitative estimate of drug-likeness (QED) is 0.415. The second-order valence-corrected chi connectivity index (χ2v) is 8.43. The number of nitrogens with two attached hydrogens (primary N) is 1. The van der Waals surface area contributed by atoms with Gasteiger partial charge in [0.25, 0.3) is 5.91 Å². The molecule has 5 N–H and O–H groups in total. The summed E-state index contributed by atoms with van der Waals surface area (Å²) in [5.74, 6) is 10.4. The number of amides is 2. The van der Waals surface area contributed by atoms with Gasteiger partial charge in [0.1, 0.15) is 12.6 Å². The molecule has 0 bridgehead atoms. The van der Waals surface area contributed by atoms with Crippen molar-refractivity contribution in [3.63, 3.8) is 0 Å². The molecular formula is C28H30N4O4. The van der Waals surface area contributed by atoms with Gasteiger partial charge >= 0.3 is 0 Å². The van der Waals surface area contributed by atoms with Crippen molar-refractivity contribution in [2.75, 3.05) is 38.1 Å². The average molecular weight is 487 g/mol. The molecule has 3 rings (SSSR count). The van der Waals surface area contributed by atoms with E-state index in [2.05, 4.69) is 39.2 Å². The number of Topliss-reactive ketones (excluding diaryl/α,β-unsaturated/α-hetero) is 1. The van der Waals surface area contributed by atoms with Gasteiger partial charge in [-0.05, 0) is 86.3 Å². The highest BCUT2D eigenvalue weighted by atomic mass is 16.3. The van der Waals surface area contributed by atoms with Crippen molar-refractivity contribution in [3.8, 4) is 23.7 Å². The fourth-order valence-electron chi connectivity index (χ4n) is 3.69. The number of hydrogen-bond donors (Lipinski definition) is 4. The molecule has 2 aromatic rings. The lowest BCUT2D eigenvalue weighted by molar-refractivity contribution is -0.123. The zero-order valence-electron chi connectivity index (χ0n) is 20.0. The van der Waals surface area contributed by atoms with E-state index in [1.54, 1.807) is 24.3 Å². The monoisotopic (exact) mass is 486 g/mol. The van der Waals surface area contributed by atoms with Crippen LogP contribution in [0.2, 0.25) is 0 Å². The Kier molecular flexibility index (Phi) is 10.2. The van der Waals surface area contributed by atoms with Crippen LogP contribution < -0.4 is 16.4 Å². The first kappa shape index (κ1) is 26.7. The van der Waals surface area contributed by atoms with E-state index in [0.717, 1.165) is 37.2 Å². The molecular weight excluding hydrogens is 456 g/mol. The van der Waals surface area contributed by atoms with Crippen LogP contribution in [0.15, 0.2) is 48.5 Å². The summed E-state index contributed by atoms with van der Waals surface area (Å²) in [5.41, 5.74) is 8.00. The van der Waals surface area contributed by atoms with E-state index >= 15 is 0 Å². The van der Waals surface area contributed by atoms with Gasteiger partial charge < -0.3 is 21.5 Å². The van der Waals surface area contributed by atoms with Crippen LogP contribution in [0.4, 0.5) is 5.69 Å². The molecule has 0 spiro atoms. The average Bonchev–Trinajstić information content (AvgIpc) is 2.91. The summed E-state index contributed by atoms with van der Waals surface area (Å²) in [6.45, 7) is 1.59. The van der Waals surface area contributed by atoms with Gasteiger partial charge in [-0.1, -0.05) is 18.3 Å². The molecule has 1 aliphatic rings. The molecule has 0 aromatic heterocycles. The highest BCUT2D eigenvalue weighted by Gasteiger charge is 2.19. The third-order valence-corrected chi connectivity index (χ3v) is 5.69. The molecule has 36 heavy (non-hydrogen) atoms. The molecule has 1 aliphatic heterocycles. The van der Waals surface area contributed by atoms with Crippen molar-refractivity contribution in [3.05, 3.63) is 65.2 Å². The number of aliphatic hydroxyl groups excluding tert-OH is 1. The number of rotatable bonds is 8. The summed E-state index contributed by atoms with van der Waals surface area (Å²) in [6.07, 6.45) is 3.54. The van der Waals surface area contributed by atoms with Gasteiger partial charge in [0, 0.05) is 28.9 Å². The molecule has 2 aromatic carbocycles. The molecule has 2 amide bonds. The van der Waals surface area contributed by atoms with E-state index in [0.29, 0.717) is 17.7 Å². The molecule has 8 heteroatoms. The van der Waals surface area contributed by atoms with Crippen molar-refractivity contribution < 1.29 is 19.5 Å². The van der Waals surface area contributed by atoms with Crippen LogP contribution in [0.5, 0.6) is 0 Å². The smallest absolute Gasteiger partial charge is 0.251 e. The summed E-state index contributed by atoms with van der Waals surface area (Å²) >= 11 is 0. The summed E-state index contributed by atoms with van der Waals surface area (Å²) in [7, 11) is 0. The number of ketones is 1. The summed E-state index contributed by atoms with van der Waals surface area (Å²) < 4.78 is 0. The molecule has 8 nitrogen and oxygen atoms in total. The highest BCUT2D eigenvalue weighted by Crippen LogP contribution is 2.11. The molecule has 0 saturated carbocycles. The maximum atomic E-state index is 12.3. The van der Waals surface area contributed by atoms with E-state index in [9.17, 15) is 14.4 Å². The third-order valence-electron chi connectivity index (χ3n) is 5.69. The number of carbonyl (C=O) groups excluding carboxylic acids is 3. The van der Waals surface area contributed by atoms with Crippen LogP contribution in [0, 0.1) is 23.7 Å². The Hall–Kier alpha value is -3.95. The predicted molar refractivity (Wildman–Crippen MR) is 138 cm³/mol. The Morgan fingerprint density at radius 2 is 1.50 bits per heavy atom. The fraction of sp³-hybridized carbons (Fsp3) is 0.321. The van der Waals surface area contributed by atoms with Gasteiger partial charge in [0.15, 0.2) is 5.78 Å². The van der Waals surface area contributed by atoms with E-state index in [-0.39, 0.29) is 12.5 Å². The lowest BCUT2D eigenvalue weighted by Gasteiger charge is -2.25. The van der Waals surface area contributed by atoms with Gasteiger partial charge in [-0.15, -0.1) is 0 Å². The molecule has 186 valence electrons. The van der Waals surface area contributed by atoms with Crippen molar-refractivity contribution in [2.45, 2.75) is 25.3 Å². The Morgan fingerprint density at radius 1 is 0.917 bits per heavy atom. The second kappa shape index (κ2) is 13.8. The summed E-state index contributed by atoms with van der Waals surface area (Å²) in [6, 6.07) is 12.9. The highest BCUT2D eigenvalue weighted by molar-refractivity contribution is 5.98. The minimum Gasteiger partial charge on any atom is -0.388 e. The van der Waals surface area contributed by atoms with E-state index in [4.69, 9.17) is 10.8 Å². The van der Waals surface area contributed by atoms with Crippen molar-refractivity contribution in [1.29, 1.82) is 0 Å². The van der Waals surface area contributed by atoms with Crippen LogP contribution >= 0.6 is 0 Å². The number of aliphatic hydroxyl groups is 1. The minimum absolute atomic E-state index is 0.0112. The van der Waals surface area contributed by atoms with Crippen molar-refractivity contribution >= 4 is 23.3 Å². The first-order valence-corrected chi connectivity index (χ1v) is 11.9. The third kappa shape index (κ3) is 8.37. The first-order chi connectivity index (χ1) is 17.5. The summed E-state index contributed by atoms with van der Waals surface area (Å²) in [4.78, 5) is 38.2. The molecule has 0 radical (unpaired) electrons. The largest absolute Gasteiger partial charge is 0.388 e. The van der Waals surface area contributed by atoms with E-state index in [1.807, 2.05) is 24.3 Å². The Bertz CT molecular complexity index is 1180. The van der Waals surface area contributed by atoms with Crippen LogP contribution in [0.25, 0.3) is 0 Å². The lowest BCUT2D eigenvalue weighted by atomic mass is 10.1. The molecule has 1 fully saturated rings. The number of anilines is 1. The van der Waals surface area contributed by atoms with E-state index < -0.39 is 24.3 Å². The predicted octanol–water partition coefficient (Wildman–Crippen LogP) is 1.13. The molecule has 1 saturated heterocycles. The number of benzene rings is 2. The Morgan fingerprint density at radius 3 is 2.06 bits per heavy atom. The number of hydrogen-bond acceptors (Lipinski definition) is 6. The van der Waals surface area contributed by atoms with Gasteiger partial charge in [0.2, 0.25) is 5.91 Å². The Labute approximate surface area is 211 Å². The molecule has 1 heterocycles. The minimum atomic E-state index is -0.929. The van der Waals surface area contributed by atoms with Crippen molar-refractivity contribution in [2.24, 2.45) is 5.73 Å². The van der Waals surface area contributed by atoms with Gasteiger partial charge in [0.05, 0.1) is 6.54 Å². The van der Waals surface area contributed by atoms with Crippen LogP contribution in [-0.2, 0) is 9.59 Å². The molecule has 0 unspecified atom stereocenters. The first-order valence-electron chi connectivity index (χ1n) is 11.9. The van der Waals surface area contributed by atoms with Crippen molar-refractivity contribution in [1.82, 2.24) is 10.2 Å². The zero-order valence-corrected chi connectivity index (χ0v) is 20.0. The van der Waals surface area contributed by atoms with E-state index in [1.165, 1.54) is 6.42 Å². The Balaban J connectivity index is 1.50. The number of nitrogens with zero attached hydrogens (tertiary/aromatic N) is 1. The van der Waals surface area contributed by atoms with Gasteiger partial charge in [-0.25, -0.2) is 0 Å². The lowest BCUT2D eigenvalue weighted by Crippen LogP contribution is -2.46. The maximum absolute atomic E-state index is 12.3. The van der Waals surface area contributed by atoms with Crippen LogP contribution in [0.1, 0.15) is 40.7 Å². The summed E-state index contributed by atoms with van der Waals surface area (Å²) in [5, 5.41) is 14.3. The number of piperidine rings is 1. The molecule has 1 atom stereocenters. The van der Waals surface area contributed by atoms with Crippen LogP contribution in [0.3, 0.4) is 0 Å². The standard InChI is InChI=1S/C28H30N4O4/c29-18-25(26(34)20-33)31-28(36)23-12-8-21(9-13-23)6-2-3-7-22-10-14-24(15-11-22)30-27(35)19-32-16-4-1-5-17-32/h8-15,25,33H,1,4-5,16-20,29H2,(H,30,35)(H,31,36)/t25-/m0/s1. The zero-order chi connectivity index (χ0) is 25.8. The van der Waals surface area contributed by atoms with Crippen LogP contribution in [-0.4, -0.2) is 66.4 Å². The normalized spacial score (nSPS) is 13.8. The number of nitrogens with one attached hydrogen (secondary N) is 2. The topological polar surface area (TPSA) is 125 Å². The second-order valence-electron chi connectivity index (χ2n) is 8.43. The molecule has 0 aliphatic carbocycles. The number of likely N-dealkylation sites (tertiary alicyclic amines) is 1. The fourth-order valence-corrected chi connectivity index (χ4v) is 3.69. The number of carbonyl (C=O) groups is 3. The maximum Gasteiger partial charge on any atom is 0.251 e. The van der Waals surface area contributed by atoms with Gasteiger partial charge in [-0.2, -0.15) is 0 Å². The van der Waals surface area contributed by atoms with Gasteiger partial charge in [-0.3, -0.25) is 19.3 Å². The SMILES string of the molecule is NC[C@H](NC(=O)c1ccc(C#CC#Cc2ccc(NC(=O)CN3CCCCC3)cc2)cc1)C(=O)CO.